The van der Waals surface area contributed by atoms with Gasteiger partial charge in [0.2, 0.25) is 11.8 Å². The molecule has 27 heavy (non-hydrogen) atoms. The molecule has 2 amide bonds. The zero-order valence-corrected chi connectivity index (χ0v) is 15.6. The van der Waals surface area contributed by atoms with E-state index in [1.807, 2.05) is 61.5 Å². The first kappa shape index (κ1) is 19.0. The second kappa shape index (κ2) is 9.21. The van der Waals surface area contributed by atoms with Crippen molar-refractivity contribution in [1.29, 1.82) is 0 Å². The minimum Gasteiger partial charge on any atom is -0.492 e. The fourth-order valence-corrected chi connectivity index (χ4v) is 3.47. The van der Waals surface area contributed by atoms with E-state index >= 15 is 0 Å². The van der Waals surface area contributed by atoms with Crippen LogP contribution in [0.5, 0.6) is 5.75 Å². The van der Waals surface area contributed by atoms with Crippen molar-refractivity contribution in [3.05, 3.63) is 54.6 Å². The lowest BCUT2D eigenvalue weighted by atomic mass is 9.81. The molecule has 142 valence electrons. The Bertz CT molecular complexity index is 768. The van der Waals surface area contributed by atoms with Crippen LogP contribution in [0.3, 0.4) is 0 Å². The molecule has 1 fully saturated rings. The predicted molar refractivity (Wildman–Crippen MR) is 107 cm³/mol. The number of hydrogen-bond donors (Lipinski definition) is 2. The van der Waals surface area contributed by atoms with Crippen LogP contribution in [0.15, 0.2) is 54.6 Å². The highest BCUT2D eigenvalue weighted by molar-refractivity contribution is 5.95. The molecule has 0 aliphatic heterocycles. The Kier molecular flexibility index (Phi) is 6.47. The molecule has 0 saturated heterocycles. The summed E-state index contributed by atoms with van der Waals surface area (Å²) in [6.45, 7) is 2.47. The first-order valence-corrected chi connectivity index (χ1v) is 9.56. The number of benzene rings is 2. The third-order valence-electron chi connectivity index (χ3n) is 4.95. The molecule has 0 atom stereocenters. The second-order valence-corrected chi connectivity index (χ2v) is 6.82. The molecule has 0 radical (unpaired) electrons. The van der Waals surface area contributed by atoms with Crippen LogP contribution in [0.2, 0.25) is 0 Å². The number of amides is 2. The lowest BCUT2D eigenvalue weighted by molar-refractivity contribution is -0.125. The number of hydrogen-bond acceptors (Lipinski definition) is 3. The molecule has 5 heteroatoms. The average molecular weight is 366 g/mol. The largest absolute Gasteiger partial charge is 0.492 e. The Morgan fingerprint density at radius 3 is 2.04 bits per heavy atom. The van der Waals surface area contributed by atoms with Crippen LogP contribution >= 0.6 is 0 Å². The molecular formula is C22H26N2O3. The first-order valence-electron chi connectivity index (χ1n) is 9.56. The molecule has 2 aromatic rings. The topological polar surface area (TPSA) is 67.4 Å². The second-order valence-electron chi connectivity index (χ2n) is 6.82. The van der Waals surface area contributed by atoms with E-state index in [0.29, 0.717) is 18.0 Å². The van der Waals surface area contributed by atoms with Crippen molar-refractivity contribution in [2.75, 3.05) is 17.2 Å². The average Bonchev–Trinajstić information content (AvgIpc) is 2.70. The predicted octanol–water partition coefficient (Wildman–Crippen LogP) is 4.47. The molecule has 0 spiro atoms. The van der Waals surface area contributed by atoms with E-state index in [2.05, 4.69) is 10.6 Å². The molecule has 1 aliphatic carbocycles. The van der Waals surface area contributed by atoms with Crippen LogP contribution in [-0.4, -0.2) is 18.4 Å². The van der Waals surface area contributed by atoms with Crippen molar-refractivity contribution >= 4 is 23.2 Å². The lowest BCUT2D eigenvalue weighted by Crippen LogP contribution is -2.32. The summed E-state index contributed by atoms with van der Waals surface area (Å²) < 4.78 is 5.56. The SMILES string of the molecule is CCOc1ccccc1NC(=O)C1CCC(C(=O)Nc2ccccc2)CC1. The molecule has 0 bridgehead atoms. The van der Waals surface area contributed by atoms with Gasteiger partial charge < -0.3 is 15.4 Å². The fraction of sp³-hybridized carbons (Fsp3) is 0.364. The monoisotopic (exact) mass is 366 g/mol. The van der Waals surface area contributed by atoms with Crippen molar-refractivity contribution in [2.24, 2.45) is 11.8 Å². The van der Waals surface area contributed by atoms with Crippen molar-refractivity contribution in [3.63, 3.8) is 0 Å². The Morgan fingerprint density at radius 2 is 1.41 bits per heavy atom. The van der Waals surface area contributed by atoms with E-state index in [1.54, 1.807) is 0 Å². The van der Waals surface area contributed by atoms with Crippen LogP contribution in [0, 0.1) is 11.8 Å². The maximum atomic E-state index is 12.6. The van der Waals surface area contributed by atoms with Crippen molar-refractivity contribution in [2.45, 2.75) is 32.6 Å². The Hall–Kier alpha value is -2.82. The van der Waals surface area contributed by atoms with Crippen LogP contribution in [0.25, 0.3) is 0 Å². The molecular weight excluding hydrogens is 340 g/mol. The van der Waals surface area contributed by atoms with E-state index in [9.17, 15) is 9.59 Å². The molecule has 0 heterocycles. The van der Waals surface area contributed by atoms with Crippen LogP contribution in [0.1, 0.15) is 32.6 Å². The summed E-state index contributed by atoms with van der Waals surface area (Å²) in [4.78, 5) is 25.0. The smallest absolute Gasteiger partial charge is 0.227 e. The van der Waals surface area contributed by atoms with Gasteiger partial charge in [0.15, 0.2) is 0 Å². The summed E-state index contributed by atoms with van der Waals surface area (Å²) in [5.74, 6) is 0.625. The highest BCUT2D eigenvalue weighted by atomic mass is 16.5. The first-order chi connectivity index (χ1) is 13.2. The van der Waals surface area contributed by atoms with Gasteiger partial charge in [0.1, 0.15) is 5.75 Å². The molecule has 0 unspecified atom stereocenters. The highest BCUT2D eigenvalue weighted by Gasteiger charge is 2.30. The number of carbonyl (C=O) groups is 2. The summed E-state index contributed by atoms with van der Waals surface area (Å²) in [5, 5.41) is 5.95. The number of carbonyl (C=O) groups excluding carboxylic acids is 2. The minimum atomic E-state index is -0.0690. The molecule has 1 aliphatic rings. The summed E-state index contributed by atoms with van der Waals surface area (Å²) in [7, 11) is 0. The van der Waals surface area contributed by atoms with Crippen LogP contribution in [0.4, 0.5) is 11.4 Å². The van der Waals surface area contributed by atoms with Gasteiger partial charge in [-0.1, -0.05) is 30.3 Å². The molecule has 2 aromatic carbocycles. The fourth-order valence-electron chi connectivity index (χ4n) is 3.47. The van der Waals surface area contributed by atoms with Gasteiger partial charge in [0.25, 0.3) is 0 Å². The van der Waals surface area contributed by atoms with Gasteiger partial charge in [-0.05, 0) is 56.9 Å². The van der Waals surface area contributed by atoms with E-state index in [4.69, 9.17) is 4.74 Å². The highest BCUT2D eigenvalue weighted by Crippen LogP contribution is 2.32. The lowest BCUT2D eigenvalue weighted by Gasteiger charge is -2.27. The molecule has 1 saturated carbocycles. The summed E-state index contributed by atoms with van der Waals surface area (Å²) >= 11 is 0. The summed E-state index contributed by atoms with van der Waals surface area (Å²) in [6, 6.07) is 16.9. The molecule has 5 nitrogen and oxygen atoms in total. The van der Waals surface area contributed by atoms with Gasteiger partial charge in [-0.2, -0.15) is 0 Å². The van der Waals surface area contributed by atoms with Gasteiger partial charge in [0.05, 0.1) is 12.3 Å². The number of para-hydroxylation sites is 3. The van der Waals surface area contributed by atoms with Crippen molar-refractivity contribution < 1.29 is 14.3 Å². The standard InChI is InChI=1S/C22H26N2O3/c1-2-27-20-11-7-6-10-19(20)24-22(26)17-14-12-16(13-15-17)21(25)23-18-8-4-3-5-9-18/h3-11,16-17H,2,12-15H2,1H3,(H,23,25)(H,24,26). The Labute approximate surface area is 160 Å². The Morgan fingerprint density at radius 1 is 0.852 bits per heavy atom. The van der Waals surface area contributed by atoms with Crippen LogP contribution in [-0.2, 0) is 9.59 Å². The Balaban J connectivity index is 1.51. The number of ether oxygens (including phenoxy) is 1. The zero-order valence-electron chi connectivity index (χ0n) is 15.6. The summed E-state index contributed by atoms with van der Waals surface area (Å²) in [6.07, 6.45) is 2.89. The molecule has 0 aromatic heterocycles. The minimum absolute atomic E-state index is 0.00377. The third-order valence-corrected chi connectivity index (χ3v) is 4.95. The molecule has 2 N–H and O–H groups in total. The van der Waals surface area contributed by atoms with E-state index in [1.165, 1.54) is 0 Å². The van der Waals surface area contributed by atoms with E-state index in [-0.39, 0.29) is 23.7 Å². The maximum Gasteiger partial charge on any atom is 0.227 e. The normalized spacial score (nSPS) is 19.1. The van der Waals surface area contributed by atoms with Crippen molar-refractivity contribution in [3.8, 4) is 5.75 Å². The molecule has 3 rings (SSSR count). The quantitative estimate of drug-likeness (QED) is 0.793. The number of nitrogens with one attached hydrogen (secondary N) is 2. The van der Waals surface area contributed by atoms with E-state index < -0.39 is 0 Å². The third kappa shape index (κ3) is 5.09. The van der Waals surface area contributed by atoms with Gasteiger partial charge in [-0.25, -0.2) is 0 Å². The zero-order chi connectivity index (χ0) is 19.1. The van der Waals surface area contributed by atoms with E-state index in [0.717, 1.165) is 31.4 Å². The number of anilines is 2. The van der Waals surface area contributed by atoms with Crippen LogP contribution < -0.4 is 15.4 Å². The van der Waals surface area contributed by atoms with Gasteiger partial charge in [0, 0.05) is 17.5 Å². The summed E-state index contributed by atoms with van der Waals surface area (Å²) in [5.41, 5.74) is 1.52. The van der Waals surface area contributed by atoms with Gasteiger partial charge in [-0.3, -0.25) is 9.59 Å². The number of rotatable bonds is 6. The maximum absolute atomic E-state index is 12.6. The van der Waals surface area contributed by atoms with Crippen molar-refractivity contribution in [1.82, 2.24) is 0 Å². The van der Waals surface area contributed by atoms with Gasteiger partial charge in [-0.15, -0.1) is 0 Å². The van der Waals surface area contributed by atoms with Gasteiger partial charge >= 0.3 is 0 Å².